The number of aromatic nitrogens is 3. The van der Waals surface area contributed by atoms with Gasteiger partial charge < -0.3 is 19.3 Å². The first-order valence-corrected chi connectivity index (χ1v) is 14.9. The van der Waals surface area contributed by atoms with E-state index in [1.54, 1.807) is 19.0 Å². The van der Waals surface area contributed by atoms with E-state index in [1.165, 1.54) is 12.8 Å². The van der Waals surface area contributed by atoms with Crippen molar-refractivity contribution in [1.82, 2.24) is 15.0 Å². The largest absolute Gasteiger partial charge is 0.493 e. The van der Waals surface area contributed by atoms with E-state index in [9.17, 15) is 9.90 Å². The minimum atomic E-state index is -0.552. The molecule has 0 spiro atoms. The third kappa shape index (κ3) is 4.19. The molecule has 0 aliphatic heterocycles. The quantitative estimate of drug-likeness (QED) is 0.526. The summed E-state index contributed by atoms with van der Waals surface area (Å²) < 4.78 is 16.8. The molecule has 6 rings (SSSR count). The van der Waals surface area contributed by atoms with E-state index in [4.69, 9.17) is 14.2 Å². The van der Waals surface area contributed by atoms with Crippen LogP contribution in [-0.4, -0.2) is 59.4 Å². The second kappa shape index (κ2) is 9.72. The fourth-order valence-corrected chi connectivity index (χ4v) is 9.97. The van der Waals surface area contributed by atoms with Crippen LogP contribution in [0.3, 0.4) is 0 Å². The van der Waals surface area contributed by atoms with Crippen molar-refractivity contribution in [3.63, 3.8) is 0 Å². The summed E-state index contributed by atoms with van der Waals surface area (Å²) in [4.78, 5) is 15.4. The summed E-state index contributed by atoms with van der Waals surface area (Å²) in [7, 11) is 5.04. The Kier molecular flexibility index (Phi) is 6.73. The van der Waals surface area contributed by atoms with Gasteiger partial charge in [-0.25, -0.2) is 0 Å². The number of carbonyl (C=O) groups excluding carboxylic acids is 1. The maximum Gasteiger partial charge on any atom is 0.190 e. The lowest BCUT2D eigenvalue weighted by Crippen LogP contribution is -2.58. The summed E-state index contributed by atoms with van der Waals surface area (Å²) in [6.45, 7) is 5.40. The Morgan fingerprint density at radius 3 is 2.56 bits per heavy atom. The molecule has 4 saturated carbocycles. The molecule has 1 heterocycles. The molecule has 2 aromatic rings. The van der Waals surface area contributed by atoms with Crippen LogP contribution in [0.25, 0.3) is 11.0 Å². The average molecular weight is 540 g/mol. The smallest absolute Gasteiger partial charge is 0.190 e. The highest BCUT2D eigenvalue weighted by Crippen LogP contribution is 2.68. The molecule has 1 aromatic heterocycles. The van der Waals surface area contributed by atoms with E-state index in [2.05, 4.69) is 17.1 Å². The van der Waals surface area contributed by atoms with Gasteiger partial charge >= 0.3 is 0 Å². The Bertz CT molecular complexity index is 1240. The number of aliphatic hydroxyl groups is 1. The van der Waals surface area contributed by atoms with Gasteiger partial charge in [-0.2, -0.15) is 9.90 Å². The highest BCUT2D eigenvalue weighted by Gasteiger charge is 2.63. The molecule has 214 valence electrons. The van der Waals surface area contributed by atoms with Gasteiger partial charge in [-0.15, -0.1) is 5.10 Å². The Morgan fingerprint density at radius 2 is 1.82 bits per heavy atom. The van der Waals surface area contributed by atoms with E-state index in [0.29, 0.717) is 46.2 Å². The third-order valence-corrected chi connectivity index (χ3v) is 11.7. The molecule has 8 heteroatoms. The molecule has 8 nitrogen and oxygen atoms in total. The normalized spacial score (nSPS) is 39.6. The predicted molar refractivity (Wildman–Crippen MR) is 148 cm³/mol. The molecular weight excluding hydrogens is 494 g/mol. The zero-order valence-electron chi connectivity index (χ0n) is 24.2. The van der Waals surface area contributed by atoms with Crippen molar-refractivity contribution >= 4 is 16.8 Å². The highest BCUT2D eigenvalue weighted by atomic mass is 16.5. The first-order valence-electron chi connectivity index (χ1n) is 14.9. The molecule has 4 fully saturated rings. The highest BCUT2D eigenvalue weighted by molar-refractivity contribution is 5.85. The van der Waals surface area contributed by atoms with Gasteiger partial charge in [0.1, 0.15) is 12.1 Å². The van der Waals surface area contributed by atoms with Gasteiger partial charge in [0.2, 0.25) is 0 Å². The number of nitrogens with zero attached hydrogens (tertiary/aromatic N) is 3. The molecule has 4 aliphatic carbocycles. The minimum Gasteiger partial charge on any atom is -0.493 e. The summed E-state index contributed by atoms with van der Waals surface area (Å²) in [5.41, 5.74) is 0.953. The molecule has 0 amide bonds. The van der Waals surface area contributed by atoms with Gasteiger partial charge in [-0.1, -0.05) is 6.92 Å². The Balaban J connectivity index is 1.22. The van der Waals surface area contributed by atoms with Gasteiger partial charge in [0.05, 0.1) is 26.4 Å². The van der Waals surface area contributed by atoms with Crippen molar-refractivity contribution in [3.8, 4) is 11.5 Å². The average Bonchev–Trinajstić information content (AvgIpc) is 3.48. The van der Waals surface area contributed by atoms with Crippen molar-refractivity contribution < 1.29 is 24.1 Å². The van der Waals surface area contributed by atoms with E-state index in [1.807, 2.05) is 26.2 Å². The predicted octanol–water partition coefficient (Wildman–Crippen LogP) is 5.05. The van der Waals surface area contributed by atoms with Crippen molar-refractivity contribution in [2.24, 2.45) is 40.4 Å². The fraction of sp³-hybridized carbons (Fsp3) is 0.774. The van der Waals surface area contributed by atoms with Crippen LogP contribution in [0.2, 0.25) is 0 Å². The van der Waals surface area contributed by atoms with Crippen molar-refractivity contribution in [3.05, 3.63) is 12.1 Å². The molecule has 0 unspecified atom stereocenters. The lowest BCUT2D eigenvalue weighted by Gasteiger charge is -2.62. The first-order chi connectivity index (χ1) is 18.7. The molecule has 0 saturated heterocycles. The van der Waals surface area contributed by atoms with Crippen LogP contribution in [0, 0.1) is 40.4 Å². The third-order valence-electron chi connectivity index (χ3n) is 11.7. The number of fused-ring (bicyclic) bond motifs is 6. The fourth-order valence-electron chi connectivity index (χ4n) is 9.97. The number of rotatable bonds is 7. The second-order valence-electron chi connectivity index (χ2n) is 13.6. The molecule has 39 heavy (non-hydrogen) atoms. The molecule has 0 radical (unpaired) electrons. The minimum absolute atomic E-state index is 0.0208. The Labute approximate surface area is 231 Å². The molecule has 1 aromatic carbocycles. The number of benzene rings is 1. The number of Topliss-reactive ketones (excluding diaryl/α,β-unsaturated/α-hetero) is 1. The summed E-state index contributed by atoms with van der Waals surface area (Å²) in [6.07, 6.45) is 9.51. The van der Waals surface area contributed by atoms with Gasteiger partial charge in [0.15, 0.2) is 22.8 Å². The maximum absolute atomic E-state index is 13.8. The standard InChI is InChI=1S/C31H45N3O5/c1-29(36)14-15-31(18-37-3)19(16-29)6-7-20-21-8-9-23(30(21,2)13-12-22(20)31)25(35)17-34-32-24-10-11-26(38-4)28(39-5)27(24)33-34/h10-11,19-23,36H,6-9,12-18H2,1-5H3/t19-,20-,21-,22-,23+,29+,30-,31+/m0/s1. The lowest BCUT2D eigenvalue weighted by molar-refractivity contribution is -0.175. The summed E-state index contributed by atoms with van der Waals surface area (Å²) >= 11 is 0. The molecular formula is C31H45N3O5. The number of methoxy groups -OCH3 is 3. The SMILES string of the molecule is COC[C@]12CC[C@@](C)(O)C[C@@H]1CC[C@H]1[C@@H]3CC[C@H](C(=O)Cn4nc5ccc(OC)c(OC)c5n4)[C@@]3(C)CC[C@@H]12. The van der Waals surface area contributed by atoms with Gasteiger partial charge in [-0.05, 0) is 111 Å². The number of hydrogen-bond acceptors (Lipinski definition) is 7. The maximum atomic E-state index is 13.8. The zero-order valence-corrected chi connectivity index (χ0v) is 24.2. The lowest BCUT2D eigenvalue weighted by atomic mass is 9.43. The van der Waals surface area contributed by atoms with Crippen LogP contribution in [-0.2, 0) is 16.1 Å². The number of ether oxygens (including phenoxy) is 3. The van der Waals surface area contributed by atoms with E-state index in [-0.39, 0.29) is 29.1 Å². The second-order valence-corrected chi connectivity index (χ2v) is 13.6. The van der Waals surface area contributed by atoms with Gasteiger partial charge in [-0.3, -0.25) is 4.79 Å². The van der Waals surface area contributed by atoms with Crippen LogP contribution in [0.4, 0.5) is 0 Å². The molecule has 1 N–H and O–H groups in total. The van der Waals surface area contributed by atoms with Crippen LogP contribution in [0.15, 0.2) is 12.1 Å². The number of carbonyl (C=O) groups is 1. The first kappa shape index (κ1) is 27.0. The monoisotopic (exact) mass is 539 g/mol. The van der Waals surface area contributed by atoms with Crippen LogP contribution >= 0.6 is 0 Å². The van der Waals surface area contributed by atoms with Gasteiger partial charge in [0.25, 0.3) is 0 Å². The topological polar surface area (TPSA) is 95.7 Å². The van der Waals surface area contributed by atoms with Crippen LogP contribution < -0.4 is 9.47 Å². The van der Waals surface area contributed by atoms with Crippen LogP contribution in [0.1, 0.15) is 71.6 Å². The van der Waals surface area contributed by atoms with E-state index in [0.717, 1.165) is 51.6 Å². The zero-order chi connectivity index (χ0) is 27.6. The molecule has 4 aliphatic rings. The summed E-state index contributed by atoms with van der Waals surface area (Å²) in [5.74, 6) is 3.80. The summed E-state index contributed by atoms with van der Waals surface area (Å²) in [5, 5.41) is 20.1. The number of ketones is 1. The Morgan fingerprint density at radius 1 is 1.00 bits per heavy atom. The van der Waals surface area contributed by atoms with Crippen molar-refractivity contribution in [2.75, 3.05) is 27.9 Å². The molecule has 0 bridgehead atoms. The van der Waals surface area contributed by atoms with Gasteiger partial charge in [0, 0.05) is 13.0 Å². The summed E-state index contributed by atoms with van der Waals surface area (Å²) in [6, 6.07) is 3.68. The van der Waals surface area contributed by atoms with Crippen LogP contribution in [0.5, 0.6) is 11.5 Å². The molecule has 8 atom stereocenters. The van der Waals surface area contributed by atoms with Crippen molar-refractivity contribution in [2.45, 2.75) is 83.8 Å². The van der Waals surface area contributed by atoms with Crippen molar-refractivity contribution in [1.29, 1.82) is 0 Å². The Hall–Kier alpha value is -2.19. The van der Waals surface area contributed by atoms with E-state index < -0.39 is 5.60 Å². The number of hydrogen-bond donors (Lipinski definition) is 1. The van der Waals surface area contributed by atoms with E-state index >= 15 is 0 Å².